The van der Waals surface area contributed by atoms with Crippen molar-refractivity contribution in [2.75, 3.05) is 0 Å². The van der Waals surface area contributed by atoms with Crippen molar-refractivity contribution in [2.24, 2.45) is 0 Å². The van der Waals surface area contributed by atoms with E-state index in [-0.39, 0.29) is 16.9 Å². The first-order valence-corrected chi connectivity index (χ1v) is 9.48. The maximum atomic E-state index is 11.9. The van der Waals surface area contributed by atoms with Crippen LogP contribution in [0.4, 0.5) is 0 Å². The highest BCUT2D eigenvalue weighted by Gasteiger charge is 2.24. The third kappa shape index (κ3) is 3.58. The van der Waals surface area contributed by atoms with Crippen molar-refractivity contribution < 1.29 is 24.9 Å². The lowest BCUT2D eigenvalue weighted by Crippen LogP contribution is -2.06. The number of hydrogen-bond acceptors (Lipinski definition) is 4. The molecule has 0 saturated heterocycles. The zero-order valence-corrected chi connectivity index (χ0v) is 16.1. The zero-order chi connectivity index (χ0) is 21.1. The monoisotopic (exact) mass is 400 g/mol. The molecule has 0 aliphatic carbocycles. The molecule has 0 aromatic heterocycles. The van der Waals surface area contributed by atoms with E-state index in [9.17, 15) is 20.1 Å². The SMILES string of the molecule is O=C(O)c1c(CO)c(-c2ccccc2)c2ccc(OCc3ccccc3)cc2c1O. The second kappa shape index (κ2) is 8.27. The highest BCUT2D eigenvalue weighted by atomic mass is 16.5. The molecule has 30 heavy (non-hydrogen) atoms. The molecule has 4 aromatic rings. The number of benzene rings is 4. The molecule has 0 atom stereocenters. The van der Waals surface area contributed by atoms with Gasteiger partial charge in [-0.1, -0.05) is 60.7 Å². The summed E-state index contributed by atoms with van der Waals surface area (Å²) in [5.41, 5.74) is 2.21. The van der Waals surface area contributed by atoms with E-state index < -0.39 is 12.6 Å². The molecule has 4 rings (SSSR count). The summed E-state index contributed by atoms with van der Waals surface area (Å²) >= 11 is 0. The van der Waals surface area contributed by atoms with Crippen molar-refractivity contribution in [1.82, 2.24) is 0 Å². The number of carboxylic acids is 1. The van der Waals surface area contributed by atoms with Crippen LogP contribution >= 0.6 is 0 Å². The number of aromatic hydroxyl groups is 1. The van der Waals surface area contributed by atoms with Gasteiger partial charge in [0.1, 0.15) is 23.7 Å². The van der Waals surface area contributed by atoms with Gasteiger partial charge in [-0.2, -0.15) is 0 Å². The summed E-state index contributed by atoms with van der Waals surface area (Å²) in [6.45, 7) is -0.166. The quantitative estimate of drug-likeness (QED) is 0.425. The van der Waals surface area contributed by atoms with Crippen LogP contribution < -0.4 is 4.74 Å². The van der Waals surface area contributed by atoms with Gasteiger partial charge in [0, 0.05) is 10.9 Å². The maximum Gasteiger partial charge on any atom is 0.339 e. The number of fused-ring (bicyclic) bond motifs is 1. The highest BCUT2D eigenvalue weighted by molar-refractivity contribution is 6.09. The van der Waals surface area contributed by atoms with Crippen LogP contribution in [-0.4, -0.2) is 21.3 Å². The lowest BCUT2D eigenvalue weighted by atomic mass is 9.89. The molecule has 0 saturated carbocycles. The van der Waals surface area contributed by atoms with E-state index in [2.05, 4.69) is 0 Å². The summed E-state index contributed by atoms with van der Waals surface area (Å²) < 4.78 is 5.85. The van der Waals surface area contributed by atoms with Crippen molar-refractivity contribution in [2.45, 2.75) is 13.2 Å². The molecule has 3 N–H and O–H groups in total. The molecule has 0 fully saturated rings. The standard InChI is InChI=1S/C25H20O5/c26-14-21-22(17-9-5-2-6-10-17)19-12-11-18(30-15-16-7-3-1-4-8-16)13-20(19)24(27)23(21)25(28)29/h1-13,26-27H,14-15H2,(H,28,29). The van der Waals surface area contributed by atoms with Crippen molar-refractivity contribution in [3.8, 4) is 22.6 Å². The Kier molecular flexibility index (Phi) is 5.37. The first-order chi connectivity index (χ1) is 14.6. The number of phenols is 1. The second-order valence-corrected chi connectivity index (χ2v) is 6.89. The Morgan fingerprint density at radius 3 is 2.17 bits per heavy atom. The lowest BCUT2D eigenvalue weighted by molar-refractivity contribution is 0.0690. The average Bonchev–Trinajstić information content (AvgIpc) is 2.78. The van der Waals surface area contributed by atoms with Gasteiger partial charge in [0.25, 0.3) is 0 Å². The topological polar surface area (TPSA) is 87.0 Å². The minimum Gasteiger partial charge on any atom is -0.506 e. The summed E-state index contributed by atoms with van der Waals surface area (Å²) in [7, 11) is 0. The normalized spacial score (nSPS) is 10.8. The van der Waals surface area contributed by atoms with Crippen LogP contribution in [0.2, 0.25) is 0 Å². The third-order valence-electron chi connectivity index (χ3n) is 5.04. The molecule has 0 aliphatic heterocycles. The summed E-state index contributed by atoms with van der Waals surface area (Å²) in [6, 6.07) is 24.1. The molecule has 0 aliphatic rings. The average molecular weight is 400 g/mol. The molecular weight excluding hydrogens is 380 g/mol. The zero-order valence-electron chi connectivity index (χ0n) is 16.1. The molecule has 4 aromatic carbocycles. The van der Waals surface area contributed by atoms with E-state index in [1.807, 2.05) is 60.7 Å². The summed E-state index contributed by atoms with van der Waals surface area (Å²) in [4.78, 5) is 11.9. The maximum absolute atomic E-state index is 11.9. The molecular formula is C25H20O5. The Hall–Kier alpha value is -3.83. The predicted octanol–water partition coefficient (Wildman–Crippen LogP) is 4.98. The first kappa shape index (κ1) is 19.5. The Balaban J connectivity index is 1.89. The number of carboxylic acid groups (broad SMARTS) is 1. The Labute approximate surface area is 173 Å². The molecule has 5 heteroatoms. The summed E-state index contributed by atoms with van der Waals surface area (Å²) in [5, 5.41) is 31.4. The van der Waals surface area contributed by atoms with Gasteiger partial charge >= 0.3 is 5.97 Å². The van der Waals surface area contributed by atoms with E-state index in [4.69, 9.17) is 4.74 Å². The fourth-order valence-corrected chi connectivity index (χ4v) is 3.66. The largest absolute Gasteiger partial charge is 0.506 e. The minimum atomic E-state index is -1.30. The van der Waals surface area contributed by atoms with Gasteiger partial charge in [0.2, 0.25) is 0 Å². The number of aromatic carboxylic acids is 1. The Morgan fingerprint density at radius 1 is 0.867 bits per heavy atom. The van der Waals surface area contributed by atoms with Crippen molar-refractivity contribution in [1.29, 1.82) is 0 Å². The smallest absolute Gasteiger partial charge is 0.339 e. The molecule has 0 unspecified atom stereocenters. The van der Waals surface area contributed by atoms with Crippen molar-refractivity contribution in [3.05, 3.63) is 95.6 Å². The molecule has 0 amide bonds. The molecule has 0 bridgehead atoms. The Morgan fingerprint density at radius 2 is 1.53 bits per heavy atom. The number of rotatable bonds is 6. The van der Waals surface area contributed by atoms with E-state index in [1.54, 1.807) is 18.2 Å². The number of aliphatic hydroxyl groups excluding tert-OH is 1. The molecule has 150 valence electrons. The van der Waals surface area contributed by atoms with Gasteiger partial charge in [0.05, 0.1) is 6.61 Å². The summed E-state index contributed by atoms with van der Waals surface area (Å²) in [5.74, 6) is -1.17. The van der Waals surface area contributed by atoms with E-state index in [1.165, 1.54) is 0 Å². The number of ether oxygens (including phenoxy) is 1. The van der Waals surface area contributed by atoms with Crippen LogP contribution in [0.25, 0.3) is 21.9 Å². The highest BCUT2D eigenvalue weighted by Crippen LogP contribution is 2.42. The van der Waals surface area contributed by atoms with Gasteiger partial charge in [0.15, 0.2) is 0 Å². The first-order valence-electron chi connectivity index (χ1n) is 9.48. The van der Waals surface area contributed by atoms with Gasteiger partial charge < -0.3 is 20.1 Å². The van der Waals surface area contributed by atoms with Crippen molar-refractivity contribution >= 4 is 16.7 Å². The molecule has 0 spiro atoms. The van der Waals surface area contributed by atoms with Crippen LogP contribution in [0.1, 0.15) is 21.5 Å². The van der Waals surface area contributed by atoms with Gasteiger partial charge in [-0.25, -0.2) is 4.79 Å². The third-order valence-corrected chi connectivity index (χ3v) is 5.04. The van der Waals surface area contributed by atoms with Crippen molar-refractivity contribution in [3.63, 3.8) is 0 Å². The van der Waals surface area contributed by atoms with Crippen LogP contribution in [0.5, 0.6) is 11.5 Å². The van der Waals surface area contributed by atoms with E-state index >= 15 is 0 Å². The van der Waals surface area contributed by atoms with Gasteiger partial charge in [-0.05, 0) is 40.3 Å². The van der Waals surface area contributed by atoms with Gasteiger partial charge in [-0.15, -0.1) is 0 Å². The molecule has 0 radical (unpaired) electrons. The number of aliphatic hydroxyl groups is 1. The van der Waals surface area contributed by atoms with Gasteiger partial charge in [-0.3, -0.25) is 0 Å². The van der Waals surface area contributed by atoms with Crippen LogP contribution in [-0.2, 0) is 13.2 Å². The second-order valence-electron chi connectivity index (χ2n) is 6.89. The fraction of sp³-hybridized carbons (Fsp3) is 0.0800. The number of carbonyl (C=O) groups is 1. The minimum absolute atomic E-state index is 0.177. The molecule has 5 nitrogen and oxygen atoms in total. The fourth-order valence-electron chi connectivity index (χ4n) is 3.66. The van der Waals surface area contributed by atoms with E-state index in [0.717, 1.165) is 11.1 Å². The molecule has 0 heterocycles. The van der Waals surface area contributed by atoms with Crippen LogP contribution in [0.15, 0.2) is 78.9 Å². The van der Waals surface area contributed by atoms with Crippen LogP contribution in [0.3, 0.4) is 0 Å². The van der Waals surface area contributed by atoms with E-state index in [0.29, 0.717) is 28.7 Å². The summed E-state index contributed by atoms with van der Waals surface area (Å²) in [6.07, 6.45) is 0. The lowest BCUT2D eigenvalue weighted by Gasteiger charge is -2.18. The Bertz CT molecular complexity index is 1200. The van der Waals surface area contributed by atoms with Crippen LogP contribution in [0, 0.1) is 0 Å². The number of hydrogen-bond donors (Lipinski definition) is 3. The predicted molar refractivity (Wildman–Crippen MR) is 115 cm³/mol.